The number of fused-ring (bicyclic) bond motifs is 9. The largest absolute Gasteiger partial charge is 0.456 e. The quantitative estimate of drug-likeness (QED) is 0.205. The highest BCUT2D eigenvalue weighted by Gasteiger charge is 2.36. The fourth-order valence-corrected chi connectivity index (χ4v) is 7.80. The fraction of sp³-hybridized carbons (Fsp3) is 0.122. The van der Waals surface area contributed by atoms with Gasteiger partial charge in [-0.1, -0.05) is 56.3 Å². The van der Waals surface area contributed by atoms with Gasteiger partial charge in [-0.15, -0.1) is 0 Å². The summed E-state index contributed by atoms with van der Waals surface area (Å²) in [5, 5.41) is 22.8. The molecule has 2 aromatic heterocycles. The molecule has 0 saturated heterocycles. The van der Waals surface area contributed by atoms with E-state index in [9.17, 15) is 10.5 Å². The Hall–Kier alpha value is -5.84. The molecule has 0 radical (unpaired) electrons. The zero-order valence-electron chi connectivity index (χ0n) is 25.0. The molecule has 9 rings (SSSR count). The summed E-state index contributed by atoms with van der Waals surface area (Å²) in [6.07, 6.45) is 3.87. The number of allylic oxidation sites excluding steroid dienone is 1. The molecule has 0 bridgehead atoms. The number of hydrogen-bond acceptors (Lipinski definition) is 3. The Morgan fingerprint density at radius 3 is 2.29 bits per heavy atom. The van der Waals surface area contributed by atoms with E-state index in [0.717, 1.165) is 62.8 Å². The fourth-order valence-electron chi connectivity index (χ4n) is 7.80. The molecular formula is C41H27N3O. The van der Waals surface area contributed by atoms with Gasteiger partial charge in [0.05, 0.1) is 40.0 Å². The molecule has 2 heterocycles. The maximum absolute atomic E-state index is 9.90. The van der Waals surface area contributed by atoms with E-state index in [4.69, 9.17) is 4.42 Å². The van der Waals surface area contributed by atoms with Crippen LogP contribution in [0.4, 0.5) is 0 Å². The number of aryl methyl sites for hydroxylation is 1. The topological polar surface area (TPSA) is 65.7 Å². The summed E-state index contributed by atoms with van der Waals surface area (Å²) in [5.41, 5.74) is 13.9. The third kappa shape index (κ3) is 3.51. The Balaban J connectivity index is 1.25. The minimum absolute atomic E-state index is 0.0859. The first-order chi connectivity index (χ1) is 22.0. The van der Waals surface area contributed by atoms with Crippen molar-refractivity contribution in [1.82, 2.24) is 4.57 Å². The first kappa shape index (κ1) is 25.6. The Labute approximate surface area is 260 Å². The van der Waals surface area contributed by atoms with Crippen LogP contribution in [0.3, 0.4) is 0 Å². The first-order valence-electron chi connectivity index (χ1n) is 15.3. The number of nitrogens with zero attached hydrogens (tertiary/aromatic N) is 3. The lowest BCUT2D eigenvalue weighted by Crippen LogP contribution is -2.14. The van der Waals surface area contributed by atoms with Crippen molar-refractivity contribution in [3.8, 4) is 29.0 Å². The monoisotopic (exact) mass is 577 g/mol. The molecule has 0 atom stereocenters. The van der Waals surface area contributed by atoms with Crippen molar-refractivity contribution in [2.45, 2.75) is 32.1 Å². The molecule has 212 valence electrons. The predicted octanol–water partition coefficient (Wildman–Crippen LogP) is 10.1. The second kappa shape index (κ2) is 9.08. The van der Waals surface area contributed by atoms with Crippen molar-refractivity contribution in [3.05, 3.63) is 136 Å². The van der Waals surface area contributed by atoms with Gasteiger partial charge in [0.25, 0.3) is 0 Å². The second-order valence-corrected chi connectivity index (χ2v) is 12.7. The van der Waals surface area contributed by atoms with Gasteiger partial charge in [-0.05, 0) is 101 Å². The van der Waals surface area contributed by atoms with Crippen LogP contribution in [0.5, 0.6) is 0 Å². The number of para-hydroxylation sites is 1. The van der Waals surface area contributed by atoms with Crippen molar-refractivity contribution in [3.63, 3.8) is 0 Å². The molecule has 0 amide bonds. The Kier molecular flexibility index (Phi) is 5.18. The lowest BCUT2D eigenvalue weighted by atomic mass is 9.82. The van der Waals surface area contributed by atoms with E-state index in [-0.39, 0.29) is 5.41 Å². The van der Waals surface area contributed by atoms with Crippen molar-refractivity contribution in [1.29, 1.82) is 10.5 Å². The van der Waals surface area contributed by atoms with Gasteiger partial charge < -0.3 is 8.98 Å². The van der Waals surface area contributed by atoms with Crippen LogP contribution in [0, 0.1) is 22.7 Å². The van der Waals surface area contributed by atoms with Gasteiger partial charge >= 0.3 is 0 Å². The number of nitriles is 2. The number of rotatable bonds is 2. The first-order valence-corrected chi connectivity index (χ1v) is 15.3. The second-order valence-electron chi connectivity index (χ2n) is 12.7. The minimum atomic E-state index is -0.0859. The zero-order valence-corrected chi connectivity index (χ0v) is 25.0. The smallest absolute Gasteiger partial charge is 0.135 e. The molecule has 4 heteroatoms. The van der Waals surface area contributed by atoms with Crippen LogP contribution < -0.4 is 0 Å². The summed E-state index contributed by atoms with van der Waals surface area (Å²) in [4.78, 5) is 0. The summed E-state index contributed by atoms with van der Waals surface area (Å²) < 4.78 is 8.90. The molecular weight excluding hydrogens is 550 g/mol. The molecule has 0 saturated carbocycles. The van der Waals surface area contributed by atoms with Crippen LogP contribution in [-0.2, 0) is 11.8 Å². The van der Waals surface area contributed by atoms with Crippen LogP contribution in [0.2, 0.25) is 0 Å². The summed E-state index contributed by atoms with van der Waals surface area (Å²) in [6.45, 7) is 4.59. The third-order valence-electron chi connectivity index (χ3n) is 9.99. The van der Waals surface area contributed by atoms with Crippen LogP contribution in [0.25, 0.3) is 61.2 Å². The predicted molar refractivity (Wildman–Crippen MR) is 180 cm³/mol. The van der Waals surface area contributed by atoms with Crippen LogP contribution in [0.1, 0.15) is 59.4 Å². The molecule has 0 aliphatic heterocycles. The summed E-state index contributed by atoms with van der Waals surface area (Å²) in [5.74, 6) is 0.898. The maximum Gasteiger partial charge on any atom is 0.135 e. The van der Waals surface area contributed by atoms with E-state index in [1.54, 1.807) is 0 Å². The number of aromatic nitrogens is 1. The van der Waals surface area contributed by atoms with E-state index < -0.39 is 0 Å². The van der Waals surface area contributed by atoms with Crippen molar-refractivity contribution in [2.75, 3.05) is 0 Å². The molecule has 2 aliphatic carbocycles. The highest BCUT2D eigenvalue weighted by molar-refractivity contribution is 6.10. The third-order valence-corrected chi connectivity index (χ3v) is 9.99. The van der Waals surface area contributed by atoms with Crippen molar-refractivity contribution in [2.24, 2.45) is 0 Å². The molecule has 5 aromatic carbocycles. The summed E-state index contributed by atoms with van der Waals surface area (Å²) in [7, 11) is 0. The van der Waals surface area contributed by atoms with Gasteiger partial charge in [0.1, 0.15) is 11.3 Å². The van der Waals surface area contributed by atoms with Gasteiger partial charge in [0.2, 0.25) is 0 Å². The highest BCUT2D eigenvalue weighted by atomic mass is 16.3. The van der Waals surface area contributed by atoms with E-state index in [1.807, 2.05) is 42.5 Å². The Morgan fingerprint density at radius 2 is 1.42 bits per heavy atom. The molecule has 0 spiro atoms. The number of hydrogen-bond donors (Lipinski definition) is 0. The van der Waals surface area contributed by atoms with Crippen molar-refractivity contribution < 1.29 is 4.42 Å². The average Bonchev–Trinajstić information content (AvgIpc) is 3.68. The van der Waals surface area contributed by atoms with Gasteiger partial charge in [0, 0.05) is 32.7 Å². The summed E-state index contributed by atoms with van der Waals surface area (Å²) in [6, 6.07) is 38.1. The highest BCUT2D eigenvalue weighted by Crippen LogP contribution is 2.51. The zero-order chi connectivity index (χ0) is 30.4. The molecule has 0 unspecified atom stereocenters. The SMILES string of the molecule is CC1(C)c2ccccc2-c2cc3c4c(oc3cc21)C=C(c1cc(C#N)ccc1-n1c2ccccc2c2cc(C#N)ccc21)CC4. The average molecular weight is 578 g/mol. The van der Waals surface area contributed by atoms with Crippen molar-refractivity contribution >= 4 is 44.4 Å². The maximum atomic E-state index is 9.90. The Morgan fingerprint density at radius 1 is 0.667 bits per heavy atom. The van der Waals surface area contributed by atoms with Gasteiger partial charge in [0.15, 0.2) is 0 Å². The molecule has 4 nitrogen and oxygen atoms in total. The molecule has 2 aliphatic rings. The van der Waals surface area contributed by atoms with E-state index in [2.05, 4.69) is 91.2 Å². The number of benzene rings is 5. The lowest BCUT2D eigenvalue weighted by Gasteiger charge is -2.21. The van der Waals surface area contributed by atoms with Crippen LogP contribution in [0.15, 0.2) is 101 Å². The summed E-state index contributed by atoms with van der Waals surface area (Å²) >= 11 is 0. The van der Waals surface area contributed by atoms with E-state index in [0.29, 0.717) is 11.1 Å². The van der Waals surface area contributed by atoms with Gasteiger partial charge in [-0.25, -0.2) is 0 Å². The normalized spacial score (nSPS) is 14.5. The van der Waals surface area contributed by atoms with E-state index >= 15 is 0 Å². The van der Waals surface area contributed by atoms with Gasteiger partial charge in [-0.3, -0.25) is 0 Å². The van der Waals surface area contributed by atoms with Crippen LogP contribution in [-0.4, -0.2) is 4.57 Å². The standard InChI is InChI=1S/C41H27N3O/c1-41(2)34-9-5-3-7-27(34)31-20-33-29-14-13-26(19-39(29)45-40(33)21-35(31)41)30-17-24(22-42)11-15-37(30)44-36-10-6-4-8-28(36)32-18-25(23-43)12-16-38(32)44/h3-12,15-21H,13-14H2,1-2H3. The molecule has 0 fully saturated rings. The Bertz CT molecular complexity index is 2540. The molecule has 7 aromatic rings. The molecule has 45 heavy (non-hydrogen) atoms. The minimum Gasteiger partial charge on any atom is -0.456 e. The van der Waals surface area contributed by atoms with Gasteiger partial charge in [-0.2, -0.15) is 10.5 Å². The van der Waals surface area contributed by atoms with E-state index in [1.165, 1.54) is 33.2 Å². The van der Waals surface area contributed by atoms with Crippen LogP contribution >= 0.6 is 0 Å². The lowest BCUT2D eigenvalue weighted by molar-refractivity contribution is 0.593. The number of furan rings is 1. The molecule has 0 N–H and O–H groups in total.